The minimum Gasteiger partial charge on any atom is -0.462 e. The summed E-state index contributed by atoms with van der Waals surface area (Å²) in [7, 11) is 0. The fourth-order valence-electron chi connectivity index (χ4n) is 4.66. The first kappa shape index (κ1) is 17.1. The lowest BCUT2D eigenvalue weighted by Crippen LogP contribution is -2.42. The maximum Gasteiger partial charge on any atom is 0.340 e. The van der Waals surface area contributed by atoms with Crippen LogP contribution in [0.15, 0.2) is 0 Å². The highest BCUT2D eigenvalue weighted by Gasteiger charge is 2.43. The molecule has 3 atom stereocenters. The van der Waals surface area contributed by atoms with Gasteiger partial charge in [0.2, 0.25) is 0 Å². The average Bonchev–Trinajstić information content (AvgIpc) is 3.02. The molecule has 2 aliphatic rings. The SMILES string of the molecule is CCOC(=O)c1c(C)[nH]c(C(=O)N2C(C)CC3CCCCC32)c1C. The zero-order chi connectivity index (χ0) is 17.4. The van der Waals surface area contributed by atoms with Crippen LogP contribution in [0.25, 0.3) is 0 Å². The van der Waals surface area contributed by atoms with E-state index in [1.165, 1.54) is 19.3 Å². The van der Waals surface area contributed by atoms with Crippen molar-refractivity contribution in [2.45, 2.75) is 71.9 Å². The molecule has 0 radical (unpaired) electrons. The van der Waals surface area contributed by atoms with Gasteiger partial charge in [-0.3, -0.25) is 4.79 Å². The Morgan fingerprint density at radius 3 is 2.67 bits per heavy atom. The lowest BCUT2D eigenvalue weighted by atomic mass is 9.85. The zero-order valence-electron chi connectivity index (χ0n) is 15.1. The topological polar surface area (TPSA) is 62.4 Å². The third kappa shape index (κ3) is 2.74. The summed E-state index contributed by atoms with van der Waals surface area (Å²) >= 11 is 0. The predicted molar refractivity (Wildman–Crippen MR) is 92.2 cm³/mol. The number of nitrogens with one attached hydrogen (secondary N) is 1. The molecule has 24 heavy (non-hydrogen) atoms. The second-order valence-electron chi connectivity index (χ2n) is 7.25. The molecule has 2 fully saturated rings. The van der Waals surface area contributed by atoms with Gasteiger partial charge in [0.25, 0.3) is 5.91 Å². The highest BCUT2D eigenvalue weighted by atomic mass is 16.5. The van der Waals surface area contributed by atoms with Crippen LogP contribution < -0.4 is 0 Å². The van der Waals surface area contributed by atoms with Gasteiger partial charge < -0.3 is 14.6 Å². The van der Waals surface area contributed by atoms with Gasteiger partial charge in [0.15, 0.2) is 0 Å². The first-order valence-corrected chi connectivity index (χ1v) is 9.14. The average molecular weight is 332 g/mol. The monoisotopic (exact) mass is 332 g/mol. The minimum atomic E-state index is -0.354. The van der Waals surface area contributed by atoms with Gasteiger partial charge in [0.05, 0.1) is 12.2 Å². The molecule has 1 saturated heterocycles. The van der Waals surface area contributed by atoms with E-state index in [1.54, 1.807) is 6.92 Å². The van der Waals surface area contributed by atoms with E-state index in [-0.39, 0.29) is 17.9 Å². The molecule has 2 heterocycles. The molecule has 132 valence electrons. The number of esters is 1. The molecule has 3 unspecified atom stereocenters. The largest absolute Gasteiger partial charge is 0.462 e. The molecule has 1 aromatic rings. The van der Waals surface area contributed by atoms with Crippen molar-refractivity contribution in [3.63, 3.8) is 0 Å². The van der Waals surface area contributed by atoms with E-state index in [0.717, 1.165) is 12.8 Å². The van der Waals surface area contributed by atoms with Crippen molar-refractivity contribution in [3.8, 4) is 0 Å². The number of carbonyl (C=O) groups is 2. The van der Waals surface area contributed by atoms with Crippen molar-refractivity contribution in [2.75, 3.05) is 6.61 Å². The zero-order valence-corrected chi connectivity index (χ0v) is 15.1. The predicted octanol–water partition coefficient (Wildman–Crippen LogP) is 3.60. The lowest BCUT2D eigenvalue weighted by molar-refractivity contribution is 0.0525. The standard InChI is InChI=1S/C19H28N2O3/c1-5-24-19(23)16-12(3)17(20-13(16)4)18(22)21-11(2)10-14-8-6-7-9-15(14)21/h11,14-15,20H,5-10H2,1-4H3. The molecular formula is C19H28N2O3. The van der Waals surface area contributed by atoms with Crippen molar-refractivity contribution in [3.05, 3.63) is 22.5 Å². The van der Waals surface area contributed by atoms with Crippen LogP contribution in [0.4, 0.5) is 0 Å². The summed E-state index contributed by atoms with van der Waals surface area (Å²) in [5.41, 5.74) is 2.48. The van der Waals surface area contributed by atoms with Gasteiger partial charge >= 0.3 is 5.97 Å². The van der Waals surface area contributed by atoms with E-state index in [2.05, 4.69) is 16.8 Å². The number of hydrogen-bond acceptors (Lipinski definition) is 3. The van der Waals surface area contributed by atoms with Crippen LogP contribution in [-0.4, -0.2) is 40.5 Å². The fraction of sp³-hybridized carbons (Fsp3) is 0.684. The second-order valence-corrected chi connectivity index (χ2v) is 7.25. The minimum absolute atomic E-state index is 0.0352. The number of aromatic nitrogens is 1. The van der Waals surface area contributed by atoms with E-state index in [9.17, 15) is 9.59 Å². The highest BCUT2D eigenvalue weighted by molar-refractivity contribution is 6.00. The maximum absolute atomic E-state index is 13.2. The normalized spacial score (nSPS) is 26.3. The number of carbonyl (C=O) groups excluding carboxylic acids is 2. The van der Waals surface area contributed by atoms with Crippen molar-refractivity contribution in [1.82, 2.24) is 9.88 Å². The van der Waals surface area contributed by atoms with Crippen molar-refractivity contribution >= 4 is 11.9 Å². The molecule has 5 nitrogen and oxygen atoms in total. The van der Waals surface area contributed by atoms with Gasteiger partial charge in [0.1, 0.15) is 5.69 Å². The van der Waals surface area contributed by atoms with Gasteiger partial charge in [-0.15, -0.1) is 0 Å². The molecule has 3 rings (SSSR count). The van der Waals surface area contributed by atoms with Crippen LogP contribution in [0.1, 0.15) is 78.1 Å². The van der Waals surface area contributed by atoms with Gasteiger partial charge in [-0.1, -0.05) is 12.8 Å². The first-order valence-electron chi connectivity index (χ1n) is 9.14. The number of likely N-dealkylation sites (tertiary alicyclic amines) is 1. The Balaban J connectivity index is 1.90. The summed E-state index contributed by atoms with van der Waals surface area (Å²) in [6.45, 7) is 7.93. The number of H-pyrrole nitrogens is 1. The summed E-state index contributed by atoms with van der Waals surface area (Å²) in [5.74, 6) is 0.319. The Morgan fingerprint density at radius 2 is 1.96 bits per heavy atom. The summed E-state index contributed by atoms with van der Waals surface area (Å²) < 4.78 is 5.13. The molecule has 0 spiro atoms. The summed E-state index contributed by atoms with van der Waals surface area (Å²) in [4.78, 5) is 30.6. The number of rotatable bonds is 3. The molecule has 0 bridgehead atoms. The first-order chi connectivity index (χ1) is 11.5. The molecule has 5 heteroatoms. The smallest absolute Gasteiger partial charge is 0.340 e. The van der Waals surface area contributed by atoms with Crippen molar-refractivity contribution in [1.29, 1.82) is 0 Å². The van der Waals surface area contributed by atoms with Gasteiger partial charge in [0, 0.05) is 17.8 Å². The second kappa shape index (κ2) is 6.61. The Bertz CT molecular complexity index is 649. The third-order valence-electron chi connectivity index (χ3n) is 5.71. The molecule has 1 N–H and O–H groups in total. The molecular weight excluding hydrogens is 304 g/mol. The van der Waals surface area contributed by atoms with Crippen LogP contribution in [-0.2, 0) is 4.74 Å². The Morgan fingerprint density at radius 1 is 1.25 bits per heavy atom. The van der Waals surface area contributed by atoms with Gasteiger partial charge in [-0.25, -0.2) is 4.79 Å². The Labute approximate surface area is 143 Å². The van der Waals surface area contributed by atoms with Crippen LogP contribution in [0.2, 0.25) is 0 Å². The van der Waals surface area contributed by atoms with E-state index in [0.29, 0.717) is 41.1 Å². The van der Waals surface area contributed by atoms with Crippen LogP contribution in [0.3, 0.4) is 0 Å². The Hall–Kier alpha value is -1.78. The number of ether oxygens (including phenoxy) is 1. The lowest BCUT2D eigenvalue weighted by Gasteiger charge is -2.33. The number of nitrogens with zero attached hydrogens (tertiary/aromatic N) is 1. The molecule has 1 aliphatic heterocycles. The molecule has 1 aliphatic carbocycles. The number of hydrogen-bond donors (Lipinski definition) is 1. The Kier molecular flexibility index (Phi) is 4.70. The summed E-state index contributed by atoms with van der Waals surface area (Å²) in [6, 6.07) is 0.620. The fourth-order valence-corrected chi connectivity index (χ4v) is 4.66. The molecule has 1 amide bonds. The van der Waals surface area contributed by atoms with Crippen LogP contribution >= 0.6 is 0 Å². The quantitative estimate of drug-likeness (QED) is 0.860. The molecule has 0 aromatic carbocycles. The van der Waals surface area contributed by atoms with E-state index >= 15 is 0 Å². The van der Waals surface area contributed by atoms with Crippen LogP contribution in [0.5, 0.6) is 0 Å². The maximum atomic E-state index is 13.2. The number of aryl methyl sites for hydroxylation is 1. The van der Waals surface area contributed by atoms with Crippen molar-refractivity contribution in [2.24, 2.45) is 5.92 Å². The molecule has 1 aromatic heterocycles. The highest BCUT2D eigenvalue weighted by Crippen LogP contribution is 2.40. The van der Waals surface area contributed by atoms with E-state index < -0.39 is 0 Å². The van der Waals surface area contributed by atoms with Gasteiger partial charge in [-0.2, -0.15) is 0 Å². The summed E-state index contributed by atoms with van der Waals surface area (Å²) in [5, 5.41) is 0. The number of fused-ring (bicyclic) bond motifs is 1. The number of aromatic amines is 1. The van der Waals surface area contributed by atoms with Crippen LogP contribution in [0, 0.1) is 19.8 Å². The summed E-state index contributed by atoms with van der Waals surface area (Å²) in [6.07, 6.45) is 5.91. The third-order valence-corrected chi connectivity index (χ3v) is 5.71. The van der Waals surface area contributed by atoms with E-state index in [1.807, 2.05) is 13.8 Å². The van der Waals surface area contributed by atoms with Crippen molar-refractivity contribution < 1.29 is 14.3 Å². The number of amides is 1. The molecule has 1 saturated carbocycles. The van der Waals surface area contributed by atoms with Gasteiger partial charge in [-0.05, 0) is 58.4 Å². The van der Waals surface area contributed by atoms with E-state index in [4.69, 9.17) is 4.74 Å².